The maximum absolute atomic E-state index is 13.3. The minimum Gasteiger partial charge on any atom is -0.478 e. The normalized spacial score (nSPS) is 10.2. The lowest BCUT2D eigenvalue weighted by Crippen LogP contribution is -2.03. The zero-order chi connectivity index (χ0) is 14.0. The Bertz CT molecular complexity index is 649. The summed E-state index contributed by atoms with van der Waals surface area (Å²) in [5.41, 5.74) is 5.37. The lowest BCUT2D eigenvalue weighted by molar-refractivity contribution is 0.0697. The number of halogens is 2. The number of rotatable bonds is 3. The Morgan fingerprint density at radius 1 is 1.42 bits per heavy atom. The van der Waals surface area contributed by atoms with Gasteiger partial charge in [-0.1, -0.05) is 0 Å². The molecule has 98 valence electrons. The topological polar surface area (TPSA) is 85.4 Å². The maximum Gasteiger partial charge on any atom is 0.338 e. The fourth-order valence-electron chi connectivity index (χ4n) is 1.35. The number of benzene rings is 1. The minimum absolute atomic E-state index is 0.0216. The fourth-order valence-corrected chi connectivity index (χ4v) is 1.60. The number of carboxylic acid groups (broad SMARTS) is 1. The quantitative estimate of drug-likeness (QED) is 0.905. The SMILES string of the molecule is Nc1cnc(Oc2ccc(Br)c(F)c2)cc1C(=O)O. The Balaban J connectivity index is 2.30. The molecule has 1 aromatic heterocycles. The molecule has 0 bridgehead atoms. The lowest BCUT2D eigenvalue weighted by Gasteiger charge is -2.07. The molecule has 0 fully saturated rings. The molecule has 2 aromatic rings. The van der Waals surface area contributed by atoms with Crippen molar-refractivity contribution in [2.45, 2.75) is 0 Å². The molecular weight excluding hydrogens is 319 g/mol. The van der Waals surface area contributed by atoms with Crippen LogP contribution in [-0.4, -0.2) is 16.1 Å². The molecule has 0 aliphatic rings. The van der Waals surface area contributed by atoms with E-state index >= 15 is 0 Å². The molecule has 0 saturated heterocycles. The number of nitrogens with zero attached hydrogens (tertiary/aromatic N) is 1. The second-order valence-corrected chi connectivity index (χ2v) is 4.45. The van der Waals surface area contributed by atoms with E-state index in [9.17, 15) is 9.18 Å². The molecule has 0 amide bonds. The van der Waals surface area contributed by atoms with Crippen LogP contribution >= 0.6 is 15.9 Å². The summed E-state index contributed by atoms with van der Waals surface area (Å²) in [5.74, 6) is -1.46. The summed E-state index contributed by atoms with van der Waals surface area (Å²) >= 11 is 3.01. The Kier molecular flexibility index (Phi) is 3.66. The summed E-state index contributed by atoms with van der Waals surface area (Å²) < 4.78 is 18.9. The second kappa shape index (κ2) is 5.23. The van der Waals surface area contributed by atoms with Gasteiger partial charge in [-0.15, -0.1) is 0 Å². The van der Waals surface area contributed by atoms with Crippen LogP contribution in [0.15, 0.2) is 34.9 Å². The molecule has 1 aromatic carbocycles. The van der Waals surface area contributed by atoms with Gasteiger partial charge in [0.1, 0.15) is 11.6 Å². The fraction of sp³-hybridized carbons (Fsp3) is 0. The van der Waals surface area contributed by atoms with Gasteiger partial charge in [-0.25, -0.2) is 14.2 Å². The lowest BCUT2D eigenvalue weighted by atomic mass is 10.2. The number of anilines is 1. The van der Waals surface area contributed by atoms with Crippen molar-refractivity contribution in [3.05, 3.63) is 46.3 Å². The average molecular weight is 327 g/mol. The third-order valence-electron chi connectivity index (χ3n) is 2.25. The van der Waals surface area contributed by atoms with Crippen LogP contribution in [0.5, 0.6) is 11.6 Å². The first-order chi connectivity index (χ1) is 8.97. The largest absolute Gasteiger partial charge is 0.478 e. The van der Waals surface area contributed by atoms with Crippen LogP contribution in [0.3, 0.4) is 0 Å². The number of pyridine rings is 1. The van der Waals surface area contributed by atoms with E-state index in [0.29, 0.717) is 4.47 Å². The van der Waals surface area contributed by atoms with Gasteiger partial charge in [-0.05, 0) is 28.1 Å². The second-order valence-electron chi connectivity index (χ2n) is 3.59. The highest BCUT2D eigenvalue weighted by Gasteiger charge is 2.11. The average Bonchev–Trinajstić information content (AvgIpc) is 2.36. The van der Waals surface area contributed by atoms with Crippen LogP contribution < -0.4 is 10.5 Å². The standard InChI is InChI=1S/C12H8BrFN2O3/c13-8-2-1-6(3-9(8)14)19-11-4-7(12(17)18)10(15)5-16-11/h1-5H,15H2,(H,17,18). The van der Waals surface area contributed by atoms with Crippen LogP contribution in [0.1, 0.15) is 10.4 Å². The number of nitrogen functional groups attached to an aromatic ring is 1. The van der Waals surface area contributed by atoms with Gasteiger partial charge in [0.15, 0.2) is 0 Å². The van der Waals surface area contributed by atoms with Gasteiger partial charge in [0, 0.05) is 12.1 Å². The summed E-state index contributed by atoms with van der Waals surface area (Å²) in [6.45, 7) is 0. The number of aromatic nitrogens is 1. The molecule has 2 rings (SSSR count). The first-order valence-electron chi connectivity index (χ1n) is 5.09. The Hall–Kier alpha value is -2.15. The minimum atomic E-state index is -1.19. The highest BCUT2D eigenvalue weighted by molar-refractivity contribution is 9.10. The van der Waals surface area contributed by atoms with Gasteiger partial charge < -0.3 is 15.6 Å². The monoisotopic (exact) mass is 326 g/mol. The van der Waals surface area contributed by atoms with E-state index in [0.717, 1.165) is 6.07 Å². The van der Waals surface area contributed by atoms with Crippen molar-refractivity contribution in [2.75, 3.05) is 5.73 Å². The molecule has 19 heavy (non-hydrogen) atoms. The first kappa shape index (κ1) is 13.3. The predicted octanol–water partition coefficient (Wildman–Crippen LogP) is 3.06. The molecule has 0 saturated carbocycles. The number of nitrogens with two attached hydrogens (primary N) is 1. The van der Waals surface area contributed by atoms with Crippen molar-refractivity contribution in [1.29, 1.82) is 0 Å². The number of carboxylic acids is 1. The van der Waals surface area contributed by atoms with E-state index in [2.05, 4.69) is 20.9 Å². The zero-order valence-electron chi connectivity index (χ0n) is 9.43. The van der Waals surface area contributed by atoms with Crippen molar-refractivity contribution in [2.24, 2.45) is 0 Å². The van der Waals surface area contributed by atoms with Gasteiger partial charge >= 0.3 is 5.97 Å². The third-order valence-corrected chi connectivity index (χ3v) is 2.90. The molecule has 0 aliphatic heterocycles. The Labute approximate surface area is 116 Å². The van der Waals surface area contributed by atoms with E-state index in [1.807, 2.05) is 0 Å². The molecular formula is C12H8BrFN2O3. The number of aromatic carboxylic acids is 1. The van der Waals surface area contributed by atoms with E-state index in [-0.39, 0.29) is 22.9 Å². The van der Waals surface area contributed by atoms with Crippen LogP contribution in [0.2, 0.25) is 0 Å². The summed E-state index contributed by atoms with van der Waals surface area (Å²) in [4.78, 5) is 14.7. The highest BCUT2D eigenvalue weighted by atomic mass is 79.9. The van der Waals surface area contributed by atoms with Crippen molar-refractivity contribution < 1.29 is 19.0 Å². The molecule has 0 unspecified atom stereocenters. The third kappa shape index (κ3) is 3.00. The number of hydrogen-bond acceptors (Lipinski definition) is 4. The number of ether oxygens (including phenoxy) is 1. The predicted molar refractivity (Wildman–Crippen MR) is 69.8 cm³/mol. The van der Waals surface area contributed by atoms with E-state index in [1.54, 1.807) is 0 Å². The number of carbonyl (C=O) groups is 1. The van der Waals surface area contributed by atoms with Gasteiger partial charge in [0.25, 0.3) is 0 Å². The Morgan fingerprint density at radius 2 is 2.16 bits per heavy atom. The van der Waals surface area contributed by atoms with E-state index in [4.69, 9.17) is 15.6 Å². The zero-order valence-corrected chi connectivity index (χ0v) is 11.0. The smallest absolute Gasteiger partial charge is 0.338 e. The van der Waals surface area contributed by atoms with Crippen molar-refractivity contribution in [3.8, 4) is 11.6 Å². The van der Waals surface area contributed by atoms with Crippen molar-refractivity contribution >= 4 is 27.6 Å². The van der Waals surface area contributed by atoms with Crippen LogP contribution in [0.25, 0.3) is 0 Å². The van der Waals surface area contributed by atoms with E-state index < -0.39 is 11.8 Å². The number of hydrogen-bond donors (Lipinski definition) is 2. The molecule has 1 heterocycles. The van der Waals surface area contributed by atoms with Crippen molar-refractivity contribution in [3.63, 3.8) is 0 Å². The van der Waals surface area contributed by atoms with Gasteiger partial charge in [-0.3, -0.25) is 0 Å². The summed E-state index contributed by atoms with van der Waals surface area (Å²) in [6.07, 6.45) is 1.17. The molecule has 0 aliphatic carbocycles. The molecule has 0 radical (unpaired) electrons. The summed E-state index contributed by atoms with van der Waals surface area (Å²) in [7, 11) is 0. The van der Waals surface area contributed by atoms with Gasteiger partial charge in [-0.2, -0.15) is 0 Å². The molecule has 0 atom stereocenters. The molecule has 5 nitrogen and oxygen atoms in total. The van der Waals surface area contributed by atoms with Gasteiger partial charge in [0.05, 0.1) is 21.9 Å². The van der Waals surface area contributed by atoms with Crippen LogP contribution in [-0.2, 0) is 0 Å². The van der Waals surface area contributed by atoms with Crippen LogP contribution in [0, 0.1) is 5.82 Å². The summed E-state index contributed by atoms with van der Waals surface area (Å²) in [6, 6.07) is 5.33. The maximum atomic E-state index is 13.3. The first-order valence-corrected chi connectivity index (χ1v) is 5.88. The summed E-state index contributed by atoms with van der Waals surface area (Å²) in [5, 5.41) is 8.91. The van der Waals surface area contributed by atoms with Gasteiger partial charge in [0.2, 0.25) is 5.88 Å². The van der Waals surface area contributed by atoms with E-state index in [1.165, 1.54) is 24.4 Å². The van der Waals surface area contributed by atoms with Crippen LogP contribution in [0.4, 0.5) is 10.1 Å². The molecule has 7 heteroatoms. The van der Waals surface area contributed by atoms with Crippen molar-refractivity contribution in [1.82, 2.24) is 4.98 Å². The highest BCUT2D eigenvalue weighted by Crippen LogP contribution is 2.26. The molecule has 3 N–H and O–H groups in total. The molecule has 0 spiro atoms. The Morgan fingerprint density at radius 3 is 2.79 bits per heavy atom.